The van der Waals surface area contributed by atoms with Crippen LogP contribution in [0.25, 0.3) is 0 Å². The summed E-state index contributed by atoms with van der Waals surface area (Å²) in [5, 5.41) is 9.04. The number of hydrogen-bond acceptors (Lipinski definition) is 3. The first-order chi connectivity index (χ1) is 14.7. The van der Waals surface area contributed by atoms with E-state index in [4.69, 9.17) is 0 Å². The number of rotatable bonds is 12. The average Bonchev–Trinajstić information content (AvgIpc) is 2.75. The number of carboxylic acids is 1. The number of carbonyl (C=O) groups is 1. The average molecular weight is 457 g/mol. The fourth-order valence-electron chi connectivity index (χ4n) is 5.92. The van der Waals surface area contributed by atoms with Crippen LogP contribution in [0.3, 0.4) is 0 Å². The van der Waals surface area contributed by atoms with E-state index in [-0.39, 0.29) is 11.8 Å². The monoisotopic (exact) mass is 456 g/mol. The summed E-state index contributed by atoms with van der Waals surface area (Å²) < 4.78 is 31.9. The lowest BCUT2D eigenvalue weighted by Crippen LogP contribution is -2.30. The normalized spacial score (nSPS) is 26.5. The van der Waals surface area contributed by atoms with Gasteiger partial charge in [-0.05, 0) is 75.0 Å². The molecule has 3 unspecified atom stereocenters. The summed E-state index contributed by atoms with van der Waals surface area (Å²) in [6.07, 6.45) is 18.3. The fourth-order valence-corrected chi connectivity index (χ4v) is 6.79. The summed E-state index contributed by atoms with van der Waals surface area (Å²) in [5.74, 6) is 1.16. The van der Waals surface area contributed by atoms with Crippen molar-refractivity contribution in [3.05, 3.63) is 12.2 Å². The van der Waals surface area contributed by atoms with Crippen LogP contribution in [0.15, 0.2) is 12.2 Å². The maximum absolute atomic E-state index is 11.8. The Kier molecular flexibility index (Phi) is 11.0. The Morgan fingerprint density at radius 3 is 2.19 bits per heavy atom. The quantitative estimate of drug-likeness (QED) is 0.258. The van der Waals surface area contributed by atoms with Gasteiger partial charge in [0.05, 0.1) is 11.2 Å². The third-order valence-electron chi connectivity index (χ3n) is 8.08. The minimum atomic E-state index is -3.95. The summed E-state index contributed by atoms with van der Waals surface area (Å²) in [6.45, 7) is 4.39. The van der Waals surface area contributed by atoms with Crippen LogP contribution < -0.4 is 0 Å². The van der Waals surface area contributed by atoms with Gasteiger partial charge in [-0.1, -0.05) is 64.5 Å². The van der Waals surface area contributed by atoms with Gasteiger partial charge >= 0.3 is 5.97 Å². The minimum absolute atomic E-state index is 0.253. The molecule has 2 aliphatic carbocycles. The van der Waals surface area contributed by atoms with E-state index in [9.17, 15) is 22.9 Å². The SMILES string of the molecule is CCC(C/C=C/CCC(CC(C)C1CCC(S(=O)(=O)O)CC1)C(=O)O)C1CCCCC1. The van der Waals surface area contributed by atoms with E-state index < -0.39 is 21.3 Å². The highest BCUT2D eigenvalue weighted by Crippen LogP contribution is 2.36. The number of allylic oxidation sites excluding steroid dienone is 2. The van der Waals surface area contributed by atoms with Gasteiger partial charge in [0, 0.05) is 0 Å². The Balaban J connectivity index is 1.74. The predicted octanol–water partition coefficient (Wildman–Crippen LogP) is 6.49. The summed E-state index contributed by atoms with van der Waals surface area (Å²) in [7, 11) is -3.95. The number of carboxylic acid groups (broad SMARTS) is 1. The molecule has 0 aromatic rings. The van der Waals surface area contributed by atoms with Gasteiger partial charge in [0.1, 0.15) is 0 Å². The zero-order valence-corrected chi connectivity index (χ0v) is 20.4. The van der Waals surface area contributed by atoms with Crippen LogP contribution in [-0.2, 0) is 14.9 Å². The molecule has 31 heavy (non-hydrogen) atoms. The third-order valence-corrected chi connectivity index (χ3v) is 9.39. The third kappa shape index (κ3) is 8.88. The van der Waals surface area contributed by atoms with Gasteiger partial charge in [-0.3, -0.25) is 9.35 Å². The Morgan fingerprint density at radius 1 is 1.00 bits per heavy atom. The van der Waals surface area contributed by atoms with Crippen molar-refractivity contribution in [1.82, 2.24) is 0 Å². The van der Waals surface area contributed by atoms with Crippen LogP contribution in [0, 0.1) is 29.6 Å². The first-order valence-corrected chi connectivity index (χ1v) is 14.1. The van der Waals surface area contributed by atoms with Gasteiger partial charge < -0.3 is 5.11 Å². The maximum atomic E-state index is 11.8. The molecule has 0 amide bonds. The van der Waals surface area contributed by atoms with Crippen molar-refractivity contribution >= 4 is 16.1 Å². The predicted molar refractivity (Wildman–Crippen MR) is 126 cm³/mol. The molecule has 3 atom stereocenters. The van der Waals surface area contributed by atoms with Gasteiger partial charge in [0.15, 0.2) is 0 Å². The van der Waals surface area contributed by atoms with Crippen LogP contribution in [0.2, 0.25) is 0 Å². The number of hydrogen-bond donors (Lipinski definition) is 2. The van der Waals surface area contributed by atoms with Gasteiger partial charge in [-0.15, -0.1) is 0 Å². The van der Waals surface area contributed by atoms with E-state index in [2.05, 4.69) is 26.0 Å². The second-order valence-corrected chi connectivity index (χ2v) is 11.8. The lowest BCUT2D eigenvalue weighted by atomic mass is 9.76. The Morgan fingerprint density at radius 2 is 1.65 bits per heavy atom. The molecule has 6 heteroatoms. The summed E-state index contributed by atoms with van der Waals surface area (Å²) >= 11 is 0. The molecule has 0 saturated heterocycles. The molecule has 0 aromatic heterocycles. The topological polar surface area (TPSA) is 91.7 Å². The molecule has 0 aliphatic heterocycles. The molecule has 180 valence electrons. The fraction of sp³-hybridized carbons (Fsp3) is 0.880. The van der Waals surface area contributed by atoms with Crippen LogP contribution in [0.1, 0.15) is 104 Å². The van der Waals surface area contributed by atoms with E-state index in [1.807, 2.05) is 0 Å². The minimum Gasteiger partial charge on any atom is -0.481 e. The molecule has 0 bridgehead atoms. The van der Waals surface area contributed by atoms with Crippen molar-refractivity contribution in [3.8, 4) is 0 Å². The molecule has 0 spiro atoms. The molecule has 0 radical (unpaired) electrons. The molecular formula is C25H44O5S. The van der Waals surface area contributed by atoms with E-state index in [0.29, 0.717) is 31.6 Å². The van der Waals surface area contributed by atoms with Crippen molar-refractivity contribution in [3.63, 3.8) is 0 Å². The van der Waals surface area contributed by atoms with Crippen molar-refractivity contribution in [2.45, 2.75) is 109 Å². The Hall–Kier alpha value is -0.880. The molecule has 2 aliphatic rings. The Labute approximate surface area is 189 Å². The molecule has 2 fully saturated rings. The van der Waals surface area contributed by atoms with E-state index in [0.717, 1.165) is 37.5 Å². The van der Waals surface area contributed by atoms with Crippen molar-refractivity contribution < 1.29 is 22.9 Å². The van der Waals surface area contributed by atoms with Crippen LogP contribution in [-0.4, -0.2) is 29.3 Å². The van der Waals surface area contributed by atoms with Crippen LogP contribution in [0.5, 0.6) is 0 Å². The molecular weight excluding hydrogens is 412 g/mol. The second-order valence-electron chi connectivity index (χ2n) is 10.2. The van der Waals surface area contributed by atoms with Crippen molar-refractivity contribution in [2.75, 3.05) is 0 Å². The molecule has 0 heterocycles. The van der Waals surface area contributed by atoms with Gasteiger partial charge in [-0.2, -0.15) is 8.42 Å². The lowest BCUT2D eigenvalue weighted by molar-refractivity contribution is -0.142. The van der Waals surface area contributed by atoms with Gasteiger partial charge in [0.2, 0.25) is 0 Å². The number of aliphatic carboxylic acids is 1. The highest BCUT2D eigenvalue weighted by atomic mass is 32.2. The van der Waals surface area contributed by atoms with Gasteiger partial charge in [0.25, 0.3) is 10.1 Å². The smallest absolute Gasteiger partial charge is 0.306 e. The highest BCUT2D eigenvalue weighted by Gasteiger charge is 2.33. The van der Waals surface area contributed by atoms with E-state index in [1.54, 1.807) is 0 Å². The summed E-state index contributed by atoms with van der Waals surface area (Å²) in [4.78, 5) is 11.8. The molecule has 0 aromatic carbocycles. The molecule has 2 N–H and O–H groups in total. The standard InChI is InChI=1S/C25H44O5S/c1-3-20(22-11-7-5-8-12-22)10-6-4-9-13-23(25(26)27)18-19(2)21-14-16-24(17-15-21)31(28,29)30/h4,6,19-24H,3,5,7-18H2,1-2H3,(H,26,27)(H,28,29,30)/b6-4+. The zero-order chi connectivity index (χ0) is 22.9. The summed E-state index contributed by atoms with van der Waals surface area (Å²) in [6, 6.07) is 0. The van der Waals surface area contributed by atoms with Crippen molar-refractivity contribution in [2.24, 2.45) is 29.6 Å². The Bertz CT molecular complexity index is 657. The zero-order valence-electron chi connectivity index (χ0n) is 19.5. The lowest BCUT2D eigenvalue weighted by Gasteiger charge is -2.32. The largest absolute Gasteiger partial charge is 0.481 e. The van der Waals surface area contributed by atoms with Crippen LogP contribution >= 0.6 is 0 Å². The molecule has 2 saturated carbocycles. The van der Waals surface area contributed by atoms with Gasteiger partial charge in [-0.25, -0.2) is 0 Å². The first kappa shape index (κ1) is 26.4. The van der Waals surface area contributed by atoms with Crippen LogP contribution in [0.4, 0.5) is 0 Å². The van der Waals surface area contributed by atoms with Crippen molar-refractivity contribution in [1.29, 1.82) is 0 Å². The molecule has 5 nitrogen and oxygen atoms in total. The second kappa shape index (κ2) is 13.0. The van der Waals surface area contributed by atoms with E-state index >= 15 is 0 Å². The first-order valence-electron chi connectivity index (χ1n) is 12.6. The van der Waals surface area contributed by atoms with E-state index in [1.165, 1.54) is 38.5 Å². The highest BCUT2D eigenvalue weighted by molar-refractivity contribution is 7.86. The molecule has 2 rings (SSSR count). The summed E-state index contributed by atoms with van der Waals surface area (Å²) in [5.41, 5.74) is 0. The maximum Gasteiger partial charge on any atom is 0.306 e.